The van der Waals surface area contributed by atoms with Gasteiger partial charge >= 0.3 is 0 Å². The highest BCUT2D eigenvalue weighted by atomic mass is 31.1. The van der Waals surface area contributed by atoms with Gasteiger partial charge in [-0.05, 0) is 22.2 Å². The van der Waals surface area contributed by atoms with Gasteiger partial charge in [0.05, 0.1) is 7.11 Å². The van der Waals surface area contributed by atoms with Gasteiger partial charge in [-0.3, -0.25) is 0 Å². The molecule has 2 heteroatoms. The van der Waals surface area contributed by atoms with Crippen LogP contribution < -0.4 is 15.3 Å². The lowest BCUT2D eigenvalue weighted by molar-refractivity contribution is 0.416. The number of benzene rings is 3. The second kappa shape index (κ2) is 6.56. The van der Waals surface area contributed by atoms with Crippen LogP contribution in [0.2, 0.25) is 0 Å². The summed E-state index contributed by atoms with van der Waals surface area (Å²) in [5.74, 6) is 0.919. The van der Waals surface area contributed by atoms with Crippen LogP contribution >= 0.6 is 8.58 Å². The topological polar surface area (TPSA) is 9.23 Å². The number of ether oxygens (including phenoxy) is 1. The van der Waals surface area contributed by atoms with Gasteiger partial charge in [0, 0.05) is 5.56 Å². The van der Waals surface area contributed by atoms with Gasteiger partial charge < -0.3 is 4.74 Å². The van der Waals surface area contributed by atoms with E-state index < -0.39 is 0 Å². The largest absolute Gasteiger partial charge is 0.496 e. The lowest BCUT2D eigenvalue weighted by Gasteiger charge is -2.13. The van der Waals surface area contributed by atoms with Gasteiger partial charge in [0.2, 0.25) is 0 Å². The van der Waals surface area contributed by atoms with Crippen molar-refractivity contribution in [3.05, 3.63) is 78.9 Å². The van der Waals surface area contributed by atoms with E-state index in [1.54, 1.807) is 7.11 Å². The number of para-hydroxylation sites is 1. The molecule has 3 rings (SSSR count). The number of methoxy groups -OCH3 is 1. The maximum absolute atomic E-state index is 5.51. The fourth-order valence-electron chi connectivity index (χ4n) is 2.37. The summed E-state index contributed by atoms with van der Waals surface area (Å²) in [6.07, 6.45) is 0. The summed E-state index contributed by atoms with van der Waals surface area (Å²) in [5.41, 5.74) is 2.40. The van der Waals surface area contributed by atoms with E-state index in [0.717, 1.165) is 11.3 Å². The Morgan fingerprint density at radius 1 is 0.667 bits per heavy atom. The third kappa shape index (κ3) is 3.15. The molecule has 0 bridgehead atoms. The predicted octanol–water partition coefficient (Wildman–Crippen LogP) is 3.99. The minimum atomic E-state index is 0.643. The molecule has 3 aromatic carbocycles. The first-order valence-corrected chi connectivity index (χ1v) is 7.93. The molecular formula is C19H17OP. The first-order valence-electron chi connectivity index (χ1n) is 6.93. The molecule has 0 aliphatic carbocycles. The smallest absolute Gasteiger partial charge is 0.126 e. The Bertz CT molecular complexity index is 722. The standard InChI is InChI=1S/C19H17OP/c1-20-18-13-7-5-11-16(18)17-12-6-8-14-19(17)21-15-9-3-2-4-10-15/h2-14,21H,1H3. The molecular weight excluding hydrogens is 275 g/mol. The normalized spacial score (nSPS) is 10.9. The molecule has 1 unspecified atom stereocenters. The van der Waals surface area contributed by atoms with E-state index in [4.69, 9.17) is 4.74 Å². The molecule has 0 aromatic heterocycles. The molecule has 0 N–H and O–H groups in total. The second-order valence-electron chi connectivity index (χ2n) is 4.74. The average Bonchev–Trinajstić information content (AvgIpc) is 2.56. The fourth-order valence-corrected chi connectivity index (χ4v) is 3.57. The van der Waals surface area contributed by atoms with Crippen molar-refractivity contribution in [2.24, 2.45) is 0 Å². The van der Waals surface area contributed by atoms with E-state index in [9.17, 15) is 0 Å². The van der Waals surface area contributed by atoms with Crippen molar-refractivity contribution < 1.29 is 4.74 Å². The molecule has 0 fully saturated rings. The molecule has 0 spiro atoms. The minimum absolute atomic E-state index is 0.643. The van der Waals surface area contributed by atoms with Crippen molar-refractivity contribution in [3.63, 3.8) is 0 Å². The highest BCUT2D eigenvalue weighted by Gasteiger charge is 2.09. The molecule has 1 nitrogen and oxygen atoms in total. The van der Waals surface area contributed by atoms with Crippen LogP contribution in [0.1, 0.15) is 0 Å². The van der Waals surface area contributed by atoms with Gasteiger partial charge in [0.1, 0.15) is 5.75 Å². The van der Waals surface area contributed by atoms with E-state index in [-0.39, 0.29) is 0 Å². The van der Waals surface area contributed by atoms with Gasteiger partial charge in [0.15, 0.2) is 0 Å². The van der Waals surface area contributed by atoms with Crippen molar-refractivity contribution >= 4 is 19.2 Å². The number of hydrogen-bond donors (Lipinski definition) is 0. The summed E-state index contributed by atoms with van der Waals surface area (Å²) in [5, 5.41) is 2.69. The quantitative estimate of drug-likeness (QED) is 0.661. The molecule has 0 amide bonds. The van der Waals surface area contributed by atoms with E-state index in [1.165, 1.54) is 16.2 Å². The summed E-state index contributed by atoms with van der Waals surface area (Å²) in [6.45, 7) is 0. The van der Waals surface area contributed by atoms with Crippen LogP contribution in [0.5, 0.6) is 5.75 Å². The highest BCUT2D eigenvalue weighted by molar-refractivity contribution is 7.55. The summed E-state index contributed by atoms with van der Waals surface area (Å²) >= 11 is 0. The van der Waals surface area contributed by atoms with Crippen LogP contribution in [0.25, 0.3) is 11.1 Å². The van der Waals surface area contributed by atoms with Crippen LogP contribution in [-0.4, -0.2) is 7.11 Å². The number of rotatable bonds is 4. The first kappa shape index (κ1) is 13.9. The lowest BCUT2D eigenvalue weighted by atomic mass is 10.0. The Labute approximate surface area is 127 Å². The van der Waals surface area contributed by atoms with Crippen molar-refractivity contribution in [2.75, 3.05) is 7.11 Å². The van der Waals surface area contributed by atoms with E-state index in [2.05, 4.69) is 66.7 Å². The van der Waals surface area contributed by atoms with Crippen LogP contribution in [0.15, 0.2) is 78.9 Å². The summed E-state index contributed by atoms with van der Waals surface area (Å²) in [4.78, 5) is 0. The van der Waals surface area contributed by atoms with Crippen LogP contribution in [-0.2, 0) is 0 Å². The predicted molar refractivity (Wildman–Crippen MR) is 92.5 cm³/mol. The molecule has 1 atom stereocenters. The Morgan fingerprint density at radius 2 is 1.29 bits per heavy atom. The van der Waals surface area contributed by atoms with Crippen LogP contribution in [0, 0.1) is 0 Å². The zero-order valence-corrected chi connectivity index (χ0v) is 12.9. The van der Waals surface area contributed by atoms with Gasteiger partial charge in [-0.25, -0.2) is 0 Å². The molecule has 0 radical (unpaired) electrons. The molecule has 104 valence electrons. The van der Waals surface area contributed by atoms with E-state index in [0.29, 0.717) is 8.58 Å². The Kier molecular flexibility index (Phi) is 4.33. The average molecular weight is 292 g/mol. The zero-order chi connectivity index (χ0) is 14.5. The minimum Gasteiger partial charge on any atom is -0.496 e. The Morgan fingerprint density at radius 3 is 2.05 bits per heavy atom. The summed E-state index contributed by atoms with van der Waals surface area (Å²) < 4.78 is 5.51. The van der Waals surface area contributed by atoms with E-state index >= 15 is 0 Å². The van der Waals surface area contributed by atoms with Crippen LogP contribution in [0.4, 0.5) is 0 Å². The maximum atomic E-state index is 5.51. The third-order valence-corrected chi connectivity index (χ3v) is 4.70. The second-order valence-corrected chi connectivity index (χ2v) is 6.10. The Hall–Kier alpha value is -2.11. The van der Waals surface area contributed by atoms with E-state index in [1.807, 2.05) is 12.1 Å². The molecule has 0 heterocycles. The zero-order valence-electron chi connectivity index (χ0n) is 11.9. The molecule has 0 saturated heterocycles. The first-order chi connectivity index (χ1) is 10.4. The summed E-state index contributed by atoms with van der Waals surface area (Å²) in [7, 11) is 2.37. The number of hydrogen-bond acceptors (Lipinski definition) is 1. The van der Waals surface area contributed by atoms with Gasteiger partial charge in [0.25, 0.3) is 0 Å². The molecule has 0 saturated carbocycles. The SMILES string of the molecule is COc1ccccc1-c1ccccc1Pc1ccccc1. The van der Waals surface area contributed by atoms with Crippen molar-refractivity contribution in [3.8, 4) is 16.9 Å². The lowest BCUT2D eigenvalue weighted by Crippen LogP contribution is -2.06. The molecule has 3 aromatic rings. The van der Waals surface area contributed by atoms with Crippen molar-refractivity contribution in [2.45, 2.75) is 0 Å². The van der Waals surface area contributed by atoms with Crippen molar-refractivity contribution in [1.29, 1.82) is 0 Å². The third-order valence-electron chi connectivity index (χ3n) is 3.38. The van der Waals surface area contributed by atoms with Gasteiger partial charge in [-0.1, -0.05) is 81.4 Å². The van der Waals surface area contributed by atoms with Crippen LogP contribution in [0.3, 0.4) is 0 Å². The molecule has 0 aliphatic heterocycles. The molecule has 21 heavy (non-hydrogen) atoms. The van der Waals surface area contributed by atoms with Gasteiger partial charge in [-0.15, -0.1) is 0 Å². The van der Waals surface area contributed by atoms with Crippen molar-refractivity contribution in [1.82, 2.24) is 0 Å². The fraction of sp³-hybridized carbons (Fsp3) is 0.0526. The summed E-state index contributed by atoms with van der Waals surface area (Å²) in [6, 6.07) is 27.3. The molecule has 0 aliphatic rings. The Balaban J connectivity index is 2.04. The van der Waals surface area contributed by atoms with Gasteiger partial charge in [-0.2, -0.15) is 0 Å². The maximum Gasteiger partial charge on any atom is 0.126 e. The monoisotopic (exact) mass is 292 g/mol. The highest BCUT2D eigenvalue weighted by Crippen LogP contribution is 2.31.